The Kier molecular flexibility index (Phi) is 5.20. The summed E-state index contributed by atoms with van der Waals surface area (Å²) in [7, 11) is 0. The standard InChI is InChI=1S/C13H16N2O4/c1-3-7-14(10(2)13(16)17)9-11-5-4-6-12(8-11)15(18)19/h3-6,8,10H,1,7,9H2,2H3,(H,16,17). The number of aliphatic carboxylic acids is 1. The maximum atomic E-state index is 11.0. The van der Waals surface area contributed by atoms with Crippen LogP contribution in [0.25, 0.3) is 0 Å². The lowest BCUT2D eigenvalue weighted by molar-refractivity contribution is -0.384. The predicted octanol–water partition coefficient (Wildman–Crippen LogP) is 2.06. The molecule has 1 unspecified atom stereocenters. The van der Waals surface area contributed by atoms with Crippen molar-refractivity contribution in [3.05, 3.63) is 52.6 Å². The van der Waals surface area contributed by atoms with Gasteiger partial charge in [0.25, 0.3) is 5.69 Å². The first-order chi connectivity index (χ1) is 8.95. The van der Waals surface area contributed by atoms with Crippen molar-refractivity contribution in [2.24, 2.45) is 0 Å². The van der Waals surface area contributed by atoms with Gasteiger partial charge in [0.1, 0.15) is 6.04 Å². The number of carboxylic acids is 1. The topological polar surface area (TPSA) is 83.7 Å². The SMILES string of the molecule is C=CCN(Cc1cccc([N+](=O)[O-])c1)C(C)C(=O)O. The molecule has 1 aromatic rings. The van der Waals surface area contributed by atoms with Gasteiger partial charge in [0.2, 0.25) is 0 Å². The molecule has 0 aliphatic heterocycles. The monoisotopic (exact) mass is 264 g/mol. The van der Waals surface area contributed by atoms with Gasteiger partial charge in [-0.3, -0.25) is 19.8 Å². The highest BCUT2D eigenvalue weighted by molar-refractivity contribution is 5.72. The van der Waals surface area contributed by atoms with E-state index >= 15 is 0 Å². The van der Waals surface area contributed by atoms with E-state index in [2.05, 4.69) is 6.58 Å². The maximum absolute atomic E-state index is 11.0. The zero-order chi connectivity index (χ0) is 14.4. The van der Waals surface area contributed by atoms with Crippen LogP contribution >= 0.6 is 0 Å². The van der Waals surface area contributed by atoms with Crippen molar-refractivity contribution in [2.75, 3.05) is 6.54 Å². The van der Waals surface area contributed by atoms with Crippen LogP contribution in [0, 0.1) is 10.1 Å². The number of nitro groups is 1. The molecule has 0 heterocycles. The summed E-state index contributed by atoms with van der Waals surface area (Å²) < 4.78 is 0. The van der Waals surface area contributed by atoms with E-state index in [4.69, 9.17) is 5.11 Å². The smallest absolute Gasteiger partial charge is 0.320 e. The number of carbonyl (C=O) groups is 1. The second kappa shape index (κ2) is 6.65. The number of non-ortho nitro benzene ring substituents is 1. The molecule has 0 amide bonds. The third-order valence-electron chi connectivity index (χ3n) is 2.78. The van der Waals surface area contributed by atoms with E-state index in [1.807, 2.05) is 0 Å². The average Bonchev–Trinajstić information content (AvgIpc) is 2.37. The second-order valence-corrected chi connectivity index (χ2v) is 4.16. The molecule has 1 rings (SSSR count). The van der Waals surface area contributed by atoms with Crippen molar-refractivity contribution in [3.63, 3.8) is 0 Å². The quantitative estimate of drug-likeness (QED) is 0.463. The molecule has 0 aromatic heterocycles. The zero-order valence-corrected chi connectivity index (χ0v) is 10.7. The van der Waals surface area contributed by atoms with Gasteiger partial charge in [-0.25, -0.2) is 0 Å². The van der Waals surface area contributed by atoms with Crippen LogP contribution in [0.4, 0.5) is 5.69 Å². The highest BCUT2D eigenvalue weighted by Crippen LogP contribution is 2.16. The molecule has 0 radical (unpaired) electrons. The Morgan fingerprint density at radius 1 is 1.63 bits per heavy atom. The molecule has 1 N–H and O–H groups in total. The number of nitro benzene ring substituents is 1. The molecule has 0 fully saturated rings. The van der Waals surface area contributed by atoms with Crippen LogP contribution < -0.4 is 0 Å². The third-order valence-corrected chi connectivity index (χ3v) is 2.78. The van der Waals surface area contributed by atoms with E-state index in [9.17, 15) is 14.9 Å². The fourth-order valence-corrected chi connectivity index (χ4v) is 1.68. The van der Waals surface area contributed by atoms with Crippen molar-refractivity contribution < 1.29 is 14.8 Å². The molecule has 0 aliphatic carbocycles. The van der Waals surface area contributed by atoms with Crippen LogP contribution in [0.3, 0.4) is 0 Å². The van der Waals surface area contributed by atoms with E-state index in [1.165, 1.54) is 12.1 Å². The molecule has 6 nitrogen and oxygen atoms in total. The molecule has 0 saturated carbocycles. The Morgan fingerprint density at radius 3 is 2.84 bits per heavy atom. The third kappa shape index (κ3) is 4.18. The van der Waals surface area contributed by atoms with E-state index < -0.39 is 16.9 Å². The maximum Gasteiger partial charge on any atom is 0.320 e. The number of nitrogens with zero attached hydrogens (tertiary/aromatic N) is 2. The fraction of sp³-hybridized carbons (Fsp3) is 0.308. The lowest BCUT2D eigenvalue weighted by Crippen LogP contribution is -2.38. The van der Waals surface area contributed by atoms with Gasteiger partial charge in [-0.1, -0.05) is 18.2 Å². The Balaban J connectivity index is 2.90. The largest absolute Gasteiger partial charge is 0.480 e. The van der Waals surface area contributed by atoms with Crippen LogP contribution in [-0.2, 0) is 11.3 Å². The van der Waals surface area contributed by atoms with E-state index in [-0.39, 0.29) is 5.69 Å². The molecular formula is C13H16N2O4. The van der Waals surface area contributed by atoms with Crippen molar-refractivity contribution in [3.8, 4) is 0 Å². The molecule has 1 aromatic carbocycles. The number of rotatable bonds is 7. The number of hydrogen-bond acceptors (Lipinski definition) is 4. The van der Waals surface area contributed by atoms with Crippen molar-refractivity contribution in [1.29, 1.82) is 0 Å². The van der Waals surface area contributed by atoms with Crippen LogP contribution in [0.2, 0.25) is 0 Å². The Hall–Kier alpha value is -2.21. The number of benzene rings is 1. The van der Waals surface area contributed by atoms with Gasteiger partial charge < -0.3 is 5.11 Å². The first kappa shape index (κ1) is 14.8. The van der Waals surface area contributed by atoms with Crippen LogP contribution in [0.15, 0.2) is 36.9 Å². The average molecular weight is 264 g/mol. The highest BCUT2D eigenvalue weighted by Gasteiger charge is 2.20. The van der Waals surface area contributed by atoms with E-state index in [1.54, 1.807) is 30.0 Å². The molecule has 1 atom stereocenters. The molecule has 0 saturated heterocycles. The van der Waals surface area contributed by atoms with Gasteiger partial charge in [-0.2, -0.15) is 0 Å². The van der Waals surface area contributed by atoms with Gasteiger partial charge in [0, 0.05) is 25.2 Å². The Labute approximate surface area is 111 Å². The minimum atomic E-state index is -0.938. The van der Waals surface area contributed by atoms with Gasteiger partial charge in [-0.05, 0) is 12.5 Å². The molecule has 102 valence electrons. The number of hydrogen-bond donors (Lipinski definition) is 1. The molecule has 6 heteroatoms. The Morgan fingerprint density at radius 2 is 2.32 bits per heavy atom. The summed E-state index contributed by atoms with van der Waals surface area (Å²) >= 11 is 0. The lowest BCUT2D eigenvalue weighted by atomic mass is 10.1. The van der Waals surface area contributed by atoms with E-state index in [0.29, 0.717) is 18.7 Å². The van der Waals surface area contributed by atoms with Crippen molar-refractivity contribution in [1.82, 2.24) is 4.90 Å². The normalized spacial score (nSPS) is 12.1. The first-order valence-corrected chi connectivity index (χ1v) is 5.76. The predicted molar refractivity (Wildman–Crippen MR) is 70.8 cm³/mol. The van der Waals surface area contributed by atoms with Crippen LogP contribution in [-0.4, -0.2) is 33.5 Å². The summed E-state index contributed by atoms with van der Waals surface area (Å²) in [5.41, 5.74) is 0.697. The summed E-state index contributed by atoms with van der Waals surface area (Å²) in [6, 6.07) is 5.49. The minimum Gasteiger partial charge on any atom is -0.480 e. The fourth-order valence-electron chi connectivity index (χ4n) is 1.68. The zero-order valence-electron chi connectivity index (χ0n) is 10.7. The molecule has 0 aliphatic rings. The van der Waals surface area contributed by atoms with Gasteiger partial charge in [-0.15, -0.1) is 6.58 Å². The number of carboxylic acid groups (broad SMARTS) is 1. The summed E-state index contributed by atoms with van der Waals surface area (Å²) in [5, 5.41) is 19.7. The summed E-state index contributed by atoms with van der Waals surface area (Å²) in [4.78, 5) is 22.9. The second-order valence-electron chi connectivity index (χ2n) is 4.16. The minimum absolute atomic E-state index is 0.000897. The summed E-state index contributed by atoms with van der Waals surface area (Å²) in [6.45, 7) is 5.88. The molecular weight excluding hydrogens is 248 g/mol. The highest BCUT2D eigenvalue weighted by atomic mass is 16.6. The van der Waals surface area contributed by atoms with Crippen molar-refractivity contribution >= 4 is 11.7 Å². The molecule has 19 heavy (non-hydrogen) atoms. The summed E-state index contributed by atoms with van der Waals surface area (Å²) in [6.07, 6.45) is 1.61. The van der Waals surface area contributed by atoms with Gasteiger partial charge >= 0.3 is 5.97 Å². The van der Waals surface area contributed by atoms with E-state index in [0.717, 1.165) is 0 Å². The lowest BCUT2D eigenvalue weighted by Gasteiger charge is -2.24. The summed E-state index contributed by atoms with van der Waals surface area (Å²) in [5.74, 6) is -0.938. The Bertz CT molecular complexity index is 487. The van der Waals surface area contributed by atoms with Crippen molar-refractivity contribution in [2.45, 2.75) is 19.5 Å². The first-order valence-electron chi connectivity index (χ1n) is 5.76. The molecule has 0 spiro atoms. The molecule has 0 bridgehead atoms. The van der Waals surface area contributed by atoms with Crippen LogP contribution in [0.1, 0.15) is 12.5 Å². The van der Waals surface area contributed by atoms with Gasteiger partial charge in [0.15, 0.2) is 0 Å². The van der Waals surface area contributed by atoms with Gasteiger partial charge in [0.05, 0.1) is 4.92 Å². The van der Waals surface area contributed by atoms with Crippen LogP contribution in [0.5, 0.6) is 0 Å².